The molecule has 12 heavy (non-hydrogen) atoms. The van der Waals surface area contributed by atoms with E-state index < -0.39 is 0 Å². The van der Waals surface area contributed by atoms with E-state index in [-0.39, 0.29) is 23.9 Å². The van der Waals surface area contributed by atoms with Crippen molar-refractivity contribution in [1.29, 1.82) is 5.26 Å². The van der Waals surface area contributed by atoms with Crippen LogP contribution in [0.25, 0.3) is 0 Å². The van der Waals surface area contributed by atoms with Crippen LogP contribution >= 0.6 is 11.8 Å². The molecule has 0 saturated carbocycles. The lowest BCUT2D eigenvalue weighted by Gasteiger charge is -2.22. The molecule has 0 aromatic heterocycles. The molecule has 0 aromatic rings. The molecule has 3 nitrogen and oxygen atoms in total. The Morgan fingerprint density at radius 3 is 2.50 bits per heavy atom. The number of hydrogen-bond donors (Lipinski definition) is 2. The third kappa shape index (κ3) is 3.96. The Morgan fingerprint density at radius 1 is 1.58 bits per heavy atom. The Labute approximate surface area is 78.2 Å². The fourth-order valence-corrected chi connectivity index (χ4v) is 1.61. The fraction of sp³-hybridized carbons (Fsp3) is 0.875. The van der Waals surface area contributed by atoms with Crippen LogP contribution in [0.1, 0.15) is 13.8 Å². The maximum Gasteiger partial charge on any atom is 0.0926 e. The SMILES string of the molecule is CSC(CO)C(C)NC(C)C#N. The van der Waals surface area contributed by atoms with E-state index in [2.05, 4.69) is 11.4 Å². The van der Waals surface area contributed by atoms with Crippen LogP contribution in [-0.4, -0.2) is 35.3 Å². The van der Waals surface area contributed by atoms with E-state index in [1.54, 1.807) is 11.8 Å². The van der Waals surface area contributed by atoms with E-state index in [1.807, 2.05) is 20.1 Å². The van der Waals surface area contributed by atoms with Crippen LogP contribution in [0, 0.1) is 11.3 Å². The molecule has 0 bridgehead atoms. The van der Waals surface area contributed by atoms with Gasteiger partial charge in [0.05, 0.1) is 18.7 Å². The minimum Gasteiger partial charge on any atom is -0.395 e. The molecule has 0 fully saturated rings. The molecule has 0 saturated heterocycles. The molecule has 0 aromatic carbocycles. The Hall–Kier alpha value is -0.240. The number of thioether (sulfide) groups is 1. The molecule has 0 spiro atoms. The van der Waals surface area contributed by atoms with Gasteiger partial charge in [0.25, 0.3) is 0 Å². The van der Waals surface area contributed by atoms with Gasteiger partial charge in [-0.05, 0) is 20.1 Å². The first-order chi connectivity index (χ1) is 5.65. The van der Waals surface area contributed by atoms with E-state index in [4.69, 9.17) is 10.4 Å². The summed E-state index contributed by atoms with van der Waals surface area (Å²) < 4.78 is 0. The van der Waals surface area contributed by atoms with Crippen LogP contribution in [0.3, 0.4) is 0 Å². The second kappa shape index (κ2) is 6.30. The lowest BCUT2D eigenvalue weighted by atomic mass is 10.2. The second-order valence-electron chi connectivity index (χ2n) is 2.76. The Kier molecular flexibility index (Phi) is 6.17. The van der Waals surface area contributed by atoms with Gasteiger partial charge in [-0.25, -0.2) is 0 Å². The second-order valence-corrected chi connectivity index (χ2v) is 3.84. The van der Waals surface area contributed by atoms with Gasteiger partial charge in [0.1, 0.15) is 0 Å². The average molecular weight is 188 g/mol. The van der Waals surface area contributed by atoms with Gasteiger partial charge in [0.15, 0.2) is 0 Å². The molecule has 3 atom stereocenters. The lowest BCUT2D eigenvalue weighted by Crippen LogP contribution is -2.41. The first-order valence-electron chi connectivity index (χ1n) is 3.95. The minimum atomic E-state index is -0.152. The molecule has 4 heteroatoms. The zero-order valence-corrected chi connectivity index (χ0v) is 8.56. The molecule has 0 aliphatic carbocycles. The van der Waals surface area contributed by atoms with E-state index >= 15 is 0 Å². The van der Waals surface area contributed by atoms with Crippen molar-refractivity contribution in [2.24, 2.45) is 0 Å². The van der Waals surface area contributed by atoms with Crippen LogP contribution in [0.2, 0.25) is 0 Å². The minimum absolute atomic E-state index is 0.146. The predicted octanol–water partition coefficient (Wildman–Crippen LogP) is 0.600. The maximum absolute atomic E-state index is 8.94. The maximum atomic E-state index is 8.94. The number of aliphatic hydroxyl groups excluding tert-OH is 1. The van der Waals surface area contributed by atoms with Crippen molar-refractivity contribution in [2.45, 2.75) is 31.2 Å². The van der Waals surface area contributed by atoms with E-state index in [0.29, 0.717) is 0 Å². The third-order valence-electron chi connectivity index (χ3n) is 1.75. The van der Waals surface area contributed by atoms with Crippen molar-refractivity contribution in [3.8, 4) is 6.07 Å². The van der Waals surface area contributed by atoms with E-state index in [0.717, 1.165) is 0 Å². The molecule has 2 N–H and O–H groups in total. The van der Waals surface area contributed by atoms with Crippen molar-refractivity contribution in [3.63, 3.8) is 0 Å². The van der Waals surface area contributed by atoms with Crippen molar-refractivity contribution >= 4 is 11.8 Å². The van der Waals surface area contributed by atoms with Crippen LogP contribution in [-0.2, 0) is 0 Å². The largest absolute Gasteiger partial charge is 0.395 e. The first kappa shape index (κ1) is 11.8. The van der Waals surface area contributed by atoms with Crippen molar-refractivity contribution in [1.82, 2.24) is 5.32 Å². The van der Waals surface area contributed by atoms with Crippen LogP contribution in [0.4, 0.5) is 0 Å². The summed E-state index contributed by atoms with van der Waals surface area (Å²) in [5, 5.41) is 20.7. The molecule has 70 valence electrons. The quantitative estimate of drug-likeness (QED) is 0.663. The average Bonchev–Trinajstić information content (AvgIpc) is 2.06. The monoisotopic (exact) mass is 188 g/mol. The smallest absolute Gasteiger partial charge is 0.0926 e. The van der Waals surface area contributed by atoms with E-state index in [9.17, 15) is 0 Å². The summed E-state index contributed by atoms with van der Waals surface area (Å²) in [5.41, 5.74) is 0. The fourth-order valence-electron chi connectivity index (χ4n) is 0.976. The van der Waals surface area contributed by atoms with Gasteiger partial charge in [-0.1, -0.05) is 0 Å². The highest BCUT2D eigenvalue weighted by molar-refractivity contribution is 7.99. The van der Waals surface area contributed by atoms with Gasteiger partial charge in [-0.15, -0.1) is 0 Å². The summed E-state index contributed by atoms with van der Waals surface area (Å²) in [4.78, 5) is 0. The highest BCUT2D eigenvalue weighted by Crippen LogP contribution is 2.10. The highest BCUT2D eigenvalue weighted by Gasteiger charge is 2.16. The standard InChI is InChI=1S/C8H16N2OS/c1-6(4-9)10-7(2)8(5-11)12-3/h6-8,10-11H,5H2,1-3H3. The molecule has 0 rings (SSSR count). The lowest BCUT2D eigenvalue weighted by molar-refractivity contribution is 0.274. The van der Waals surface area contributed by atoms with Gasteiger partial charge >= 0.3 is 0 Å². The summed E-state index contributed by atoms with van der Waals surface area (Å²) in [7, 11) is 0. The Bertz CT molecular complexity index is 154. The molecule has 0 aliphatic heterocycles. The first-order valence-corrected chi connectivity index (χ1v) is 5.23. The molecule has 0 amide bonds. The van der Waals surface area contributed by atoms with Gasteiger partial charge in [0.2, 0.25) is 0 Å². The van der Waals surface area contributed by atoms with Crippen molar-refractivity contribution in [2.75, 3.05) is 12.9 Å². The number of rotatable bonds is 5. The van der Waals surface area contributed by atoms with Gasteiger partial charge in [-0.2, -0.15) is 17.0 Å². The zero-order valence-electron chi connectivity index (χ0n) is 7.74. The van der Waals surface area contributed by atoms with Crippen LogP contribution in [0.15, 0.2) is 0 Å². The zero-order chi connectivity index (χ0) is 9.56. The van der Waals surface area contributed by atoms with Gasteiger partial charge in [0, 0.05) is 11.3 Å². The summed E-state index contributed by atoms with van der Waals surface area (Å²) in [5.74, 6) is 0. The topological polar surface area (TPSA) is 56.0 Å². The predicted molar refractivity (Wildman–Crippen MR) is 52.1 cm³/mol. The van der Waals surface area contributed by atoms with Crippen molar-refractivity contribution < 1.29 is 5.11 Å². The Morgan fingerprint density at radius 2 is 2.17 bits per heavy atom. The molecule has 0 radical (unpaired) electrons. The van der Waals surface area contributed by atoms with Gasteiger partial charge in [-0.3, -0.25) is 5.32 Å². The summed E-state index contributed by atoms with van der Waals surface area (Å²) in [6.07, 6.45) is 1.95. The number of nitriles is 1. The molecule has 3 unspecified atom stereocenters. The molecule has 0 aliphatic rings. The van der Waals surface area contributed by atoms with Crippen molar-refractivity contribution in [3.05, 3.63) is 0 Å². The molecular formula is C8H16N2OS. The van der Waals surface area contributed by atoms with E-state index in [1.165, 1.54) is 0 Å². The number of nitrogens with zero attached hydrogens (tertiary/aromatic N) is 1. The Balaban J connectivity index is 3.85. The number of hydrogen-bond acceptors (Lipinski definition) is 4. The normalized spacial score (nSPS) is 17.9. The van der Waals surface area contributed by atoms with Crippen LogP contribution < -0.4 is 5.32 Å². The van der Waals surface area contributed by atoms with Crippen LogP contribution in [0.5, 0.6) is 0 Å². The number of aliphatic hydroxyl groups is 1. The third-order valence-corrected chi connectivity index (χ3v) is 2.91. The van der Waals surface area contributed by atoms with Gasteiger partial charge < -0.3 is 5.11 Å². The molecule has 0 heterocycles. The summed E-state index contributed by atoms with van der Waals surface area (Å²) in [6.45, 7) is 3.93. The molecular weight excluding hydrogens is 172 g/mol. The summed E-state index contributed by atoms with van der Waals surface area (Å²) >= 11 is 1.61. The number of nitrogens with one attached hydrogen (secondary N) is 1. The highest BCUT2D eigenvalue weighted by atomic mass is 32.2. The summed E-state index contributed by atoms with van der Waals surface area (Å²) in [6, 6.07) is 2.11.